The van der Waals surface area contributed by atoms with Crippen molar-refractivity contribution in [2.45, 2.75) is 17.4 Å². The van der Waals surface area contributed by atoms with Crippen molar-refractivity contribution >= 4 is 21.1 Å². The lowest BCUT2D eigenvalue weighted by Crippen LogP contribution is -2.51. The van der Waals surface area contributed by atoms with Crippen molar-refractivity contribution in [3.05, 3.63) is 28.7 Å². The Hall–Kier alpha value is -1.68. The zero-order chi connectivity index (χ0) is 15.8. The summed E-state index contributed by atoms with van der Waals surface area (Å²) in [4.78, 5) is 11.3. The SMILES string of the molecule is Cn1c(=O)oc2cc(S(=O)(=O)NC(C)(CO)CO)ccc21. The highest BCUT2D eigenvalue weighted by Crippen LogP contribution is 2.19. The van der Waals surface area contributed by atoms with Crippen molar-refractivity contribution in [2.75, 3.05) is 13.2 Å². The topological polar surface area (TPSA) is 122 Å². The van der Waals surface area contributed by atoms with Gasteiger partial charge in [-0.15, -0.1) is 0 Å². The lowest BCUT2D eigenvalue weighted by molar-refractivity contribution is 0.122. The number of aryl methyl sites for hydroxylation is 1. The minimum absolute atomic E-state index is 0.127. The Balaban J connectivity index is 2.48. The number of aromatic nitrogens is 1. The van der Waals surface area contributed by atoms with E-state index in [0.717, 1.165) is 0 Å². The number of aliphatic hydroxyl groups excluding tert-OH is 2. The van der Waals surface area contributed by atoms with Gasteiger partial charge in [-0.25, -0.2) is 17.9 Å². The van der Waals surface area contributed by atoms with Crippen LogP contribution in [0.5, 0.6) is 0 Å². The second-order valence-electron chi connectivity index (χ2n) is 5.04. The second kappa shape index (κ2) is 5.26. The number of oxazole rings is 1. The van der Waals surface area contributed by atoms with Crippen LogP contribution in [0, 0.1) is 0 Å². The van der Waals surface area contributed by atoms with Crippen LogP contribution in [0.2, 0.25) is 0 Å². The average Bonchev–Trinajstić information content (AvgIpc) is 2.73. The lowest BCUT2D eigenvalue weighted by Gasteiger charge is -2.25. The summed E-state index contributed by atoms with van der Waals surface area (Å²) in [5.74, 6) is -0.594. The fourth-order valence-corrected chi connectivity index (χ4v) is 3.18. The first-order valence-electron chi connectivity index (χ1n) is 6.08. The molecule has 0 aliphatic rings. The standard InChI is InChI=1S/C12H16N2O6S/c1-12(6-15,7-16)13-21(18,19)8-3-4-9-10(5-8)20-11(17)14(9)2/h3-5,13,15-16H,6-7H2,1-2H3. The summed E-state index contributed by atoms with van der Waals surface area (Å²) < 4.78 is 32.9. The van der Waals surface area contributed by atoms with Crippen LogP contribution >= 0.6 is 0 Å². The Labute approximate surface area is 120 Å². The maximum Gasteiger partial charge on any atom is 0.419 e. The third kappa shape index (κ3) is 2.86. The average molecular weight is 316 g/mol. The van der Waals surface area contributed by atoms with Crippen LogP contribution in [0.1, 0.15) is 6.92 Å². The number of hydrogen-bond acceptors (Lipinski definition) is 6. The first-order valence-corrected chi connectivity index (χ1v) is 7.56. The van der Waals surface area contributed by atoms with Crippen LogP contribution in [0.4, 0.5) is 0 Å². The number of hydrogen-bond donors (Lipinski definition) is 3. The summed E-state index contributed by atoms with van der Waals surface area (Å²) in [6.45, 7) is 0.239. The van der Waals surface area contributed by atoms with Crippen LogP contribution in [0.3, 0.4) is 0 Å². The Bertz CT molecular complexity index is 816. The molecule has 0 radical (unpaired) electrons. The minimum Gasteiger partial charge on any atom is -0.408 e. The first kappa shape index (κ1) is 15.7. The molecule has 0 saturated carbocycles. The minimum atomic E-state index is -3.98. The number of nitrogens with zero attached hydrogens (tertiary/aromatic N) is 1. The van der Waals surface area contributed by atoms with E-state index < -0.39 is 34.5 Å². The summed E-state index contributed by atoms with van der Waals surface area (Å²) in [5, 5.41) is 18.3. The summed E-state index contributed by atoms with van der Waals surface area (Å²) >= 11 is 0. The molecule has 1 heterocycles. The van der Waals surface area contributed by atoms with Crippen LogP contribution in [0.15, 0.2) is 32.3 Å². The summed E-state index contributed by atoms with van der Waals surface area (Å²) in [5.41, 5.74) is -0.781. The molecule has 0 fully saturated rings. The van der Waals surface area contributed by atoms with Crippen LogP contribution in [0.25, 0.3) is 11.1 Å². The van der Waals surface area contributed by atoms with Crippen LogP contribution in [-0.4, -0.2) is 42.0 Å². The molecule has 0 aliphatic heterocycles. The van der Waals surface area contributed by atoms with E-state index in [1.165, 1.54) is 36.7 Å². The van der Waals surface area contributed by atoms with E-state index in [9.17, 15) is 13.2 Å². The zero-order valence-corrected chi connectivity index (χ0v) is 12.3. The molecule has 2 rings (SSSR count). The van der Waals surface area contributed by atoms with E-state index in [1.807, 2.05) is 0 Å². The molecule has 0 spiro atoms. The molecular weight excluding hydrogens is 300 g/mol. The van der Waals surface area contributed by atoms with Gasteiger partial charge in [0, 0.05) is 13.1 Å². The molecule has 9 heteroatoms. The van der Waals surface area contributed by atoms with Gasteiger partial charge in [0.2, 0.25) is 10.0 Å². The van der Waals surface area contributed by atoms with Gasteiger partial charge < -0.3 is 14.6 Å². The quantitative estimate of drug-likeness (QED) is 0.661. The summed E-state index contributed by atoms with van der Waals surface area (Å²) in [6, 6.07) is 3.98. The van der Waals surface area contributed by atoms with Crippen molar-refractivity contribution in [2.24, 2.45) is 7.05 Å². The van der Waals surface area contributed by atoms with Crippen molar-refractivity contribution in [1.29, 1.82) is 0 Å². The number of nitrogens with one attached hydrogen (secondary N) is 1. The first-order chi connectivity index (χ1) is 9.72. The molecule has 0 bridgehead atoms. The number of rotatable bonds is 5. The molecule has 0 unspecified atom stereocenters. The number of fused-ring (bicyclic) bond motifs is 1. The van der Waals surface area contributed by atoms with Gasteiger partial charge in [0.1, 0.15) is 0 Å². The monoisotopic (exact) mass is 316 g/mol. The third-order valence-corrected chi connectivity index (χ3v) is 4.79. The molecule has 0 saturated heterocycles. The maximum absolute atomic E-state index is 12.2. The van der Waals surface area contributed by atoms with Gasteiger partial charge in [-0.2, -0.15) is 0 Å². The third-order valence-electron chi connectivity index (χ3n) is 3.15. The van der Waals surface area contributed by atoms with Gasteiger partial charge >= 0.3 is 5.76 Å². The molecule has 0 aliphatic carbocycles. The largest absolute Gasteiger partial charge is 0.419 e. The molecule has 21 heavy (non-hydrogen) atoms. The van der Waals surface area contributed by atoms with E-state index in [0.29, 0.717) is 5.52 Å². The maximum atomic E-state index is 12.2. The highest BCUT2D eigenvalue weighted by molar-refractivity contribution is 7.89. The van der Waals surface area contributed by atoms with Crippen molar-refractivity contribution in [3.8, 4) is 0 Å². The molecule has 3 N–H and O–H groups in total. The van der Waals surface area contributed by atoms with Gasteiger partial charge in [-0.3, -0.25) is 4.57 Å². The Morgan fingerprint density at radius 1 is 1.33 bits per heavy atom. The fourth-order valence-electron chi connectivity index (χ4n) is 1.78. The molecule has 0 amide bonds. The number of aliphatic hydroxyl groups is 2. The predicted octanol–water partition coefficient (Wildman–Crippen LogP) is -0.847. The highest BCUT2D eigenvalue weighted by atomic mass is 32.2. The van der Waals surface area contributed by atoms with E-state index in [-0.39, 0.29) is 10.5 Å². The zero-order valence-electron chi connectivity index (χ0n) is 11.5. The van der Waals surface area contributed by atoms with Gasteiger partial charge in [-0.05, 0) is 19.1 Å². The number of sulfonamides is 1. The van der Waals surface area contributed by atoms with Crippen molar-refractivity contribution < 1.29 is 23.0 Å². The van der Waals surface area contributed by atoms with Crippen molar-refractivity contribution in [3.63, 3.8) is 0 Å². The van der Waals surface area contributed by atoms with E-state index >= 15 is 0 Å². The molecular formula is C12H16N2O6S. The van der Waals surface area contributed by atoms with Crippen LogP contribution in [-0.2, 0) is 17.1 Å². The Kier molecular flexibility index (Phi) is 3.93. The smallest absolute Gasteiger partial charge is 0.408 e. The summed E-state index contributed by atoms with van der Waals surface area (Å²) in [7, 11) is -2.47. The van der Waals surface area contributed by atoms with Gasteiger partial charge in [0.25, 0.3) is 0 Å². The second-order valence-corrected chi connectivity index (χ2v) is 6.72. The van der Waals surface area contributed by atoms with E-state index in [2.05, 4.69) is 4.72 Å². The van der Waals surface area contributed by atoms with Crippen LogP contribution < -0.4 is 10.5 Å². The highest BCUT2D eigenvalue weighted by Gasteiger charge is 2.30. The molecule has 2 aromatic rings. The molecule has 1 aromatic heterocycles. The van der Waals surface area contributed by atoms with Gasteiger partial charge in [0.05, 0.1) is 29.2 Å². The van der Waals surface area contributed by atoms with E-state index in [1.54, 1.807) is 0 Å². The number of benzene rings is 1. The molecule has 116 valence electrons. The molecule has 0 atom stereocenters. The lowest BCUT2D eigenvalue weighted by atomic mass is 10.1. The molecule has 1 aromatic carbocycles. The molecule has 8 nitrogen and oxygen atoms in total. The Morgan fingerprint density at radius 3 is 2.52 bits per heavy atom. The van der Waals surface area contributed by atoms with Gasteiger partial charge in [-0.1, -0.05) is 0 Å². The fraction of sp³-hybridized carbons (Fsp3) is 0.417. The van der Waals surface area contributed by atoms with Gasteiger partial charge in [0.15, 0.2) is 5.58 Å². The van der Waals surface area contributed by atoms with Crippen molar-refractivity contribution in [1.82, 2.24) is 9.29 Å². The summed E-state index contributed by atoms with van der Waals surface area (Å²) in [6.07, 6.45) is 0. The van der Waals surface area contributed by atoms with E-state index in [4.69, 9.17) is 14.6 Å². The predicted molar refractivity (Wildman–Crippen MR) is 74.4 cm³/mol. The normalized spacial score (nSPS) is 13.0. The Morgan fingerprint density at radius 2 is 1.95 bits per heavy atom.